The van der Waals surface area contributed by atoms with Crippen LogP contribution in [0, 0.1) is 0 Å². The normalized spacial score (nSPS) is 16.8. The number of carboxylic acids is 1. The van der Waals surface area contributed by atoms with E-state index in [1.54, 1.807) is 6.07 Å². The molecule has 0 radical (unpaired) electrons. The molecule has 1 aliphatic carbocycles. The minimum Gasteiger partial charge on any atom is -0.480 e. The number of hydrogen-bond acceptors (Lipinski definition) is 4. The van der Waals surface area contributed by atoms with E-state index in [4.69, 9.17) is 15.3 Å². The summed E-state index contributed by atoms with van der Waals surface area (Å²) in [6.45, 7) is 0.206. The van der Waals surface area contributed by atoms with Crippen LogP contribution in [-0.2, 0) is 11.3 Å². The molecule has 1 aliphatic rings. The van der Waals surface area contributed by atoms with E-state index in [0.29, 0.717) is 18.6 Å². The van der Waals surface area contributed by atoms with Crippen LogP contribution >= 0.6 is 0 Å². The van der Waals surface area contributed by atoms with Gasteiger partial charge in [-0.15, -0.1) is 0 Å². The molecule has 1 aromatic heterocycles. The molecule has 0 unspecified atom stereocenters. The van der Waals surface area contributed by atoms with Gasteiger partial charge in [-0.05, 0) is 25.0 Å². The summed E-state index contributed by atoms with van der Waals surface area (Å²) in [5, 5.41) is 11.3. The van der Waals surface area contributed by atoms with Crippen molar-refractivity contribution in [1.29, 1.82) is 0 Å². The zero-order valence-corrected chi connectivity index (χ0v) is 8.53. The van der Waals surface area contributed by atoms with Crippen LogP contribution in [0.3, 0.4) is 0 Å². The number of carbonyl (C=O) groups is 2. The fourth-order valence-corrected chi connectivity index (χ4v) is 1.41. The molecule has 86 valence electrons. The number of furan rings is 1. The van der Waals surface area contributed by atoms with Crippen molar-refractivity contribution < 1.29 is 19.1 Å². The Labute approximate surface area is 91.4 Å². The number of carbonyl (C=O) groups excluding carboxylic acids is 1. The summed E-state index contributed by atoms with van der Waals surface area (Å²) in [6.07, 6.45) is 0.914. The van der Waals surface area contributed by atoms with Gasteiger partial charge in [0.1, 0.15) is 11.3 Å². The summed E-state index contributed by atoms with van der Waals surface area (Å²) in [5.74, 6) is -0.940. The Morgan fingerprint density at radius 2 is 2.19 bits per heavy atom. The van der Waals surface area contributed by atoms with Crippen LogP contribution in [0.15, 0.2) is 16.5 Å². The molecule has 0 saturated heterocycles. The zero-order valence-electron chi connectivity index (χ0n) is 8.53. The molecular formula is C10H12N2O4. The van der Waals surface area contributed by atoms with Crippen molar-refractivity contribution in [3.63, 3.8) is 0 Å². The Balaban J connectivity index is 2.06. The van der Waals surface area contributed by atoms with Gasteiger partial charge in [-0.25, -0.2) is 4.79 Å². The molecule has 1 amide bonds. The van der Waals surface area contributed by atoms with Crippen molar-refractivity contribution in [2.75, 3.05) is 0 Å². The lowest BCUT2D eigenvalue weighted by Gasteiger charge is -2.10. The molecule has 0 aromatic carbocycles. The average Bonchev–Trinajstić information content (AvgIpc) is 2.88. The lowest BCUT2D eigenvalue weighted by molar-refractivity contribution is -0.140. The van der Waals surface area contributed by atoms with Gasteiger partial charge in [0.2, 0.25) is 0 Å². The van der Waals surface area contributed by atoms with Crippen molar-refractivity contribution in [2.24, 2.45) is 5.73 Å². The third kappa shape index (κ3) is 1.79. The maximum atomic E-state index is 11.6. The molecule has 1 aromatic rings. The van der Waals surface area contributed by atoms with E-state index in [9.17, 15) is 9.59 Å². The quantitative estimate of drug-likeness (QED) is 0.671. The Morgan fingerprint density at radius 1 is 1.50 bits per heavy atom. The number of rotatable bonds is 4. The summed E-state index contributed by atoms with van der Waals surface area (Å²) in [5.41, 5.74) is 4.24. The van der Waals surface area contributed by atoms with Gasteiger partial charge in [0, 0.05) is 0 Å². The van der Waals surface area contributed by atoms with E-state index < -0.39 is 17.4 Å². The molecule has 6 nitrogen and oxygen atoms in total. The molecule has 4 N–H and O–H groups in total. The third-order valence-electron chi connectivity index (χ3n) is 2.60. The number of amides is 1. The van der Waals surface area contributed by atoms with Crippen molar-refractivity contribution in [2.45, 2.75) is 24.9 Å². The molecule has 2 rings (SSSR count). The van der Waals surface area contributed by atoms with Crippen LogP contribution in [-0.4, -0.2) is 22.5 Å². The summed E-state index contributed by atoms with van der Waals surface area (Å²) in [7, 11) is 0. The highest BCUT2D eigenvalue weighted by Gasteiger charge is 2.52. The van der Waals surface area contributed by atoms with E-state index in [1.165, 1.54) is 6.07 Å². The lowest BCUT2D eigenvalue weighted by Crippen LogP contribution is -2.42. The number of carboxylic acid groups (broad SMARTS) is 1. The molecule has 16 heavy (non-hydrogen) atoms. The van der Waals surface area contributed by atoms with Gasteiger partial charge in [-0.3, -0.25) is 4.79 Å². The smallest absolute Gasteiger partial charge is 0.329 e. The maximum Gasteiger partial charge on any atom is 0.329 e. The summed E-state index contributed by atoms with van der Waals surface area (Å²) >= 11 is 0. The minimum absolute atomic E-state index is 0.0907. The Bertz CT molecular complexity index is 434. The van der Waals surface area contributed by atoms with E-state index in [0.717, 1.165) is 0 Å². The molecule has 1 saturated carbocycles. The highest BCUT2D eigenvalue weighted by molar-refractivity contribution is 5.97. The predicted molar refractivity (Wildman–Crippen MR) is 53.7 cm³/mol. The first kappa shape index (κ1) is 10.7. The highest BCUT2D eigenvalue weighted by Crippen LogP contribution is 2.35. The number of nitrogens with one attached hydrogen (secondary N) is 1. The average molecular weight is 224 g/mol. The van der Waals surface area contributed by atoms with Gasteiger partial charge in [-0.2, -0.15) is 0 Å². The molecular weight excluding hydrogens is 212 g/mol. The van der Waals surface area contributed by atoms with Crippen molar-refractivity contribution in [3.8, 4) is 0 Å². The van der Waals surface area contributed by atoms with Crippen molar-refractivity contribution >= 4 is 11.9 Å². The molecule has 1 fully saturated rings. The van der Waals surface area contributed by atoms with Gasteiger partial charge in [0.25, 0.3) is 5.91 Å². The molecule has 0 bridgehead atoms. The van der Waals surface area contributed by atoms with E-state index in [2.05, 4.69) is 5.32 Å². The second-order valence-electron chi connectivity index (χ2n) is 3.81. The number of hydrogen-bond donors (Lipinski definition) is 3. The summed E-state index contributed by atoms with van der Waals surface area (Å²) in [6, 6.07) is 3.07. The fourth-order valence-electron chi connectivity index (χ4n) is 1.41. The standard InChI is InChI=1S/C10H12N2O4/c11-5-6-1-2-7(16-6)8(13)12-10(3-4-10)9(14)15/h1-2H,3-5,11H2,(H,12,13)(H,14,15). The summed E-state index contributed by atoms with van der Waals surface area (Å²) in [4.78, 5) is 22.5. The van der Waals surface area contributed by atoms with E-state index >= 15 is 0 Å². The second-order valence-corrected chi connectivity index (χ2v) is 3.81. The first-order valence-corrected chi connectivity index (χ1v) is 4.92. The van der Waals surface area contributed by atoms with Gasteiger partial charge < -0.3 is 20.6 Å². The monoisotopic (exact) mass is 224 g/mol. The Kier molecular flexibility index (Phi) is 2.43. The highest BCUT2D eigenvalue weighted by atomic mass is 16.4. The number of nitrogens with two attached hydrogens (primary N) is 1. The van der Waals surface area contributed by atoms with Gasteiger partial charge >= 0.3 is 5.97 Å². The van der Waals surface area contributed by atoms with Crippen molar-refractivity contribution in [1.82, 2.24) is 5.32 Å². The maximum absolute atomic E-state index is 11.6. The zero-order chi connectivity index (χ0) is 11.8. The fraction of sp³-hybridized carbons (Fsp3) is 0.400. The number of aliphatic carboxylic acids is 1. The van der Waals surface area contributed by atoms with Crippen LogP contribution in [0.2, 0.25) is 0 Å². The largest absolute Gasteiger partial charge is 0.480 e. The van der Waals surface area contributed by atoms with Crippen LogP contribution in [0.1, 0.15) is 29.2 Å². The van der Waals surface area contributed by atoms with Crippen LogP contribution in [0.4, 0.5) is 0 Å². The third-order valence-corrected chi connectivity index (χ3v) is 2.60. The first-order chi connectivity index (χ1) is 7.57. The molecule has 1 heterocycles. The molecule has 6 heteroatoms. The SMILES string of the molecule is NCc1ccc(C(=O)NC2(C(=O)O)CC2)o1. The Hall–Kier alpha value is -1.82. The summed E-state index contributed by atoms with van der Waals surface area (Å²) < 4.78 is 5.12. The Morgan fingerprint density at radius 3 is 2.62 bits per heavy atom. The molecule has 0 spiro atoms. The molecule has 0 aliphatic heterocycles. The molecule has 0 atom stereocenters. The van der Waals surface area contributed by atoms with E-state index in [-0.39, 0.29) is 12.3 Å². The van der Waals surface area contributed by atoms with Gasteiger partial charge in [0.05, 0.1) is 6.54 Å². The topological polar surface area (TPSA) is 106 Å². The van der Waals surface area contributed by atoms with Crippen molar-refractivity contribution in [3.05, 3.63) is 23.7 Å². The lowest BCUT2D eigenvalue weighted by atomic mass is 10.2. The van der Waals surface area contributed by atoms with Gasteiger partial charge in [-0.1, -0.05) is 0 Å². The van der Waals surface area contributed by atoms with Crippen LogP contribution in [0.25, 0.3) is 0 Å². The minimum atomic E-state index is -1.09. The first-order valence-electron chi connectivity index (χ1n) is 4.92. The second kappa shape index (κ2) is 3.64. The predicted octanol–water partition coefficient (Wildman–Crippen LogP) is 0.0853. The van der Waals surface area contributed by atoms with Crippen LogP contribution < -0.4 is 11.1 Å². The van der Waals surface area contributed by atoms with Crippen LogP contribution in [0.5, 0.6) is 0 Å². The van der Waals surface area contributed by atoms with E-state index in [1.807, 2.05) is 0 Å². The van der Waals surface area contributed by atoms with Gasteiger partial charge in [0.15, 0.2) is 5.76 Å².